The summed E-state index contributed by atoms with van der Waals surface area (Å²) in [5, 5.41) is 10.4. The van der Waals surface area contributed by atoms with Gasteiger partial charge < -0.3 is 14.4 Å². The van der Waals surface area contributed by atoms with Crippen molar-refractivity contribution < 1.29 is 9.84 Å². The Morgan fingerprint density at radius 2 is 1.85 bits per heavy atom. The Labute approximate surface area is 163 Å². The van der Waals surface area contributed by atoms with E-state index in [-0.39, 0.29) is 24.3 Å². The molecule has 9 heteroatoms. The Morgan fingerprint density at radius 3 is 2.48 bits per heavy atom. The van der Waals surface area contributed by atoms with Crippen molar-refractivity contribution in [3.05, 3.63) is 55.4 Å². The number of fused-ring (bicyclic) bond motifs is 1. The third-order valence-electron chi connectivity index (χ3n) is 4.47. The van der Waals surface area contributed by atoms with Crippen LogP contribution in [0.4, 0.5) is 0 Å². The van der Waals surface area contributed by atoms with Crippen molar-refractivity contribution in [1.82, 2.24) is 18.7 Å². The maximum atomic E-state index is 12.5. The highest BCUT2D eigenvalue weighted by molar-refractivity contribution is 9.10. The lowest BCUT2D eigenvalue weighted by Gasteiger charge is -2.14. The number of halogens is 1. The fourth-order valence-corrected chi connectivity index (χ4v) is 3.35. The number of hydrogen-bond donors (Lipinski definition) is 1. The molecular weight excluding hydrogens is 416 g/mol. The molecule has 1 N–H and O–H groups in total. The largest absolute Gasteiger partial charge is 0.491 e. The van der Waals surface area contributed by atoms with Gasteiger partial charge in [0.05, 0.1) is 6.54 Å². The first-order valence-corrected chi connectivity index (χ1v) is 9.34. The van der Waals surface area contributed by atoms with E-state index >= 15 is 0 Å². The molecule has 8 nitrogen and oxygen atoms in total. The lowest BCUT2D eigenvalue weighted by Crippen LogP contribution is -2.38. The molecule has 0 aliphatic carbocycles. The lowest BCUT2D eigenvalue weighted by molar-refractivity contribution is 0.0928. The first-order valence-electron chi connectivity index (χ1n) is 8.55. The van der Waals surface area contributed by atoms with Gasteiger partial charge in [0, 0.05) is 14.1 Å². The predicted molar refractivity (Wildman–Crippen MR) is 105 cm³/mol. The van der Waals surface area contributed by atoms with E-state index in [0.29, 0.717) is 10.5 Å². The summed E-state index contributed by atoms with van der Waals surface area (Å²) < 4.78 is 9.86. The molecule has 144 valence electrons. The number of hydrogen-bond acceptors (Lipinski definition) is 5. The van der Waals surface area contributed by atoms with E-state index in [1.165, 1.54) is 17.2 Å². The highest BCUT2D eigenvalue weighted by Gasteiger charge is 2.20. The molecule has 0 aliphatic heterocycles. The Kier molecular flexibility index (Phi) is 5.52. The summed E-state index contributed by atoms with van der Waals surface area (Å²) in [5.41, 5.74) is 0.799. The van der Waals surface area contributed by atoms with E-state index < -0.39 is 17.4 Å². The van der Waals surface area contributed by atoms with E-state index in [4.69, 9.17) is 4.74 Å². The zero-order valence-electron chi connectivity index (χ0n) is 15.3. The normalized spacial score (nSPS) is 12.5. The van der Waals surface area contributed by atoms with Crippen LogP contribution in [0.15, 0.2) is 38.6 Å². The number of aryl methyl sites for hydroxylation is 2. The molecule has 0 saturated carbocycles. The number of benzene rings is 1. The average Bonchev–Trinajstić information content (AvgIpc) is 2.99. The molecule has 0 saturated heterocycles. The van der Waals surface area contributed by atoms with Gasteiger partial charge >= 0.3 is 5.69 Å². The molecule has 0 bridgehead atoms. The van der Waals surface area contributed by atoms with Crippen LogP contribution in [-0.2, 0) is 27.1 Å². The molecule has 0 aliphatic rings. The van der Waals surface area contributed by atoms with E-state index in [0.717, 1.165) is 11.0 Å². The molecule has 3 rings (SSSR count). The molecule has 3 aromatic rings. The van der Waals surface area contributed by atoms with Crippen LogP contribution < -0.4 is 16.0 Å². The van der Waals surface area contributed by atoms with Crippen LogP contribution in [0.25, 0.3) is 11.2 Å². The molecule has 0 fully saturated rings. The van der Waals surface area contributed by atoms with Crippen LogP contribution in [0, 0.1) is 0 Å². The molecule has 0 radical (unpaired) electrons. The van der Waals surface area contributed by atoms with Gasteiger partial charge in [-0.1, -0.05) is 19.1 Å². The summed E-state index contributed by atoms with van der Waals surface area (Å²) in [6.45, 7) is 2.23. The van der Waals surface area contributed by atoms with Crippen molar-refractivity contribution in [3.8, 4) is 5.75 Å². The minimum atomic E-state index is -0.869. The first-order chi connectivity index (χ1) is 12.8. The van der Waals surface area contributed by atoms with Crippen molar-refractivity contribution in [2.24, 2.45) is 14.1 Å². The number of ether oxygens (including phenoxy) is 1. The number of aliphatic hydroxyl groups is 1. The highest BCUT2D eigenvalue weighted by Crippen LogP contribution is 2.17. The van der Waals surface area contributed by atoms with Crippen LogP contribution in [0.3, 0.4) is 0 Å². The summed E-state index contributed by atoms with van der Waals surface area (Å²) in [6, 6.07) is 7.68. The standard InChI is InChI=1S/C18H21BrN4O4/c1-4-11-5-7-13(8-6-11)27-10-12(24)9-23-14-15(20-17(23)19)21(2)18(26)22(3)16(14)25/h5-8,12,24H,4,9-10H2,1-3H3/t12-/m1/s1. The van der Waals surface area contributed by atoms with Crippen molar-refractivity contribution in [2.75, 3.05) is 6.61 Å². The number of aliphatic hydroxyl groups excluding tert-OH is 1. The van der Waals surface area contributed by atoms with Crippen LogP contribution in [0.2, 0.25) is 0 Å². The van der Waals surface area contributed by atoms with Gasteiger partial charge in [-0.3, -0.25) is 13.9 Å². The maximum Gasteiger partial charge on any atom is 0.332 e. The predicted octanol–water partition coefficient (Wildman–Crippen LogP) is 1.20. The van der Waals surface area contributed by atoms with Crippen molar-refractivity contribution >= 4 is 27.1 Å². The second kappa shape index (κ2) is 7.69. The topological polar surface area (TPSA) is 91.3 Å². The summed E-state index contributed by atoms with van der Waals surface area (Å²) in [7, 11) is 2.96. The minimum absolute atomic E-state index is 0.0592. The summed E-state index contributed by atoms with van der Waals surface area (Å²) in [5.74, 6) is 0.666. The molecule has 0 unspecified atom stereocenters. The van der Waals surface area contributed by atoms with Crippen molar-refractivity contribution in [3.63, 3.8) is 0 Å². The fraction of sp³-hybridized carbons (Fsp3) is 0.389. The Morgan fingerprint density at radius 1 is 1.19 bits per heavy atom. The van der Waals surface area contributed by atoms with Crippen LogP contribution in [0.1, 0.15) is 12.5 Å². The molecule has 1 aromatic carbocycles. The zero-order chi connectivity index (χ0) is 19.7. The monoisotopic (exact) mass is 436 g/mol. The fourth-order valence-electron chi connectivity index (χ4n) is 2.86. The second-order valence-corrected chi connectivity index (χ2v) is 7.04. The van der Waals surface area contributed by atoms with E-state index in [1.807, 2.05) is 24.3 Å². The summed E-state index contributed by atoms with van der Waals surface area (Å²) in [6.07, 6.45) is 0.0775. The molecule has 2 heterocycles. The van der Waals surface area contributed by atoms with Gasteiger partial charge in [0.1, 0.15) is 18.5 Å². The zero-order valence-corrected chi connectivity index (χ0v) is 16.9. The van der Waals surface area contributed by atoms with Crippen LogP contribution in [0.5, 0.6) is 5.75 Å². The quantitative estimate of drug-likeness (QED) is 0.586. The molecule has 1 atom stereocenters. The average molecular weight is 437 g/mol. The second-order valence-electron chi connectivity index (χ2n) is 6.33. The van der Waals surface area contributed by atoms with Crippen LogP contribution >= 0.6 is 15.9 Å². The molecule has 0 amide bonds. The summed E-state index contributed by atoms with van der Waals surface area (Å²) >= 11 is 3.30. The highest BCUT2D eigenvalue weighted by atomic mass is 79.9. The van der Waals surface area contributed by atoms with E-state index in [1.54, 1.807) is 11.6 Å². The Balaban J connectivity index is 1.82. The molecule has 2 aromatic heterocycles. The molecular formula is C18H21BrN4O4. The van der Waals surface area contributed by atoms with Crippen molar-refractivity contribution in [2.45, 2.75) is 26.0 Å². The smallest absolute Gasteiger partial charge is 0.332 e. The van der Waals surface area contributed by atoms with Gasteiger partial charge in [0.25, 0.3) is 5.56 Å². The third kappa shape index (κ3) is 3.70. The number of aromatic nitrogens is 4. The number of rotatable bonds is 6. The molecule has 0 spiro atoms. The molecule has 27 heavy (non-hydrogen) atoms. The Hall–Kier alpha value is -2.39. The van der Waals surface area contributed by atoms with Crippen molar-refractivity contribution in [1.29, 1.82) is 0 Å². The SMILES string of the molecule is CCc1ccc(OC[C@H](O)Cn2c(Br)nc3c2c(=O)n(C)c(=O)n3C)cc1. The van der Waals surface area contributed by atoms with Gasteiger partial charge in [-0.2, -0.15) is 0 Å². The number of nitrogens with zero attached hydrogens (tertiary/aromatic N) is 4. The van der Waals surface area contributed by atoms with Gasteiger partial charge in [-0.25, -0.2) is 9.78 Å². The third-order valence-corrected chi connectivity index (χ3v) is 5.07. The minimum Gasteiger partial charge on any atom is -0.491 e. The van der Waals surface area contributed by atoms with Gasteiger partial charge in [0.2, 0.25) is 0 Å². The maximum absolute atomic E-state index is 12.5. The number of imidazole rings is 1. The van der Waals surface area contributed by atoms with E-state index in [9.17, 15) is 14.7 Å². The lowest BCUT2D eigenvalue weighted by atomic mass is 10.2. The van der Waals surface area contributed by atoms with Gasteiger partial charge in [-0.05, 0) is 40.0 Å². The van der Waals surface area contributed by atoms with Gasteiger partial charge in [-0.15, -0.1) is 0 Å². The van der Waals surface area contributed by atoms with Crippen LogP contribution in [-0.4, -0.2) is 36.5 Å². The summed E-state index contributed by atoms with van der Waals surface area (Å²) in [4.78, 5) is 28.8. The Bertz CT molecular complexity index is 1080. The first kappa shape index (κ1) is 19.4. The van der Waals surface area contributed by atoms with E-state index in [2.05, 4.69) is 27.8 Å². The van der Waals surface area contributed by atoms with Gasteiger partial charge in [0.15, 0.2) is 15.9 Å².